The number of fused-ring (bicyclic) bond motifs is 3. The summed E-state index contributed by atoms with van der Waals surface area (Å²) in [5.41, 5.74) is 2.30. The number of carbonyl (C=O) groups is 1. The maximum atomic E-state index is 13.4. The number of rotatable bonds is 3. The van der Waals surface area contributed by atoms with Gasteiger partial charge in [0, 0.05) is 43.5 Å². The highest BCUT2D eigenvalue weighted by atomic mass is 16.5. The average molecular weight is 362 g/mol. The highest BCUT2D eigenvalue weighted by Crippen LogP contribution is 2.38. The van der Waals surface area contributed by atoms with E-state index < -0.39 is 0 Å². The molecular formula is C21H22N4O2. The molecule has 2 saturated heterocycles. The number of carbonyl (C=O) groups excluding carboxylic acids is 1. The van der Waals surface area contributed by atoms with Gasteiger partial charge in [0.05, 0.1) is 5.69 Å². The Bertz CT molecular complexity index is 970. The van der Waals surface area contributed by atoms with Crippen LogP contribution < -0.4 is 4.74 Å². The van der Waals surface area contributed by atoms with Crippen LogP contribution in [-0.4, -0.2) is 43.4 Å². The van der Waals surface area contributed by atoms with Gasteiger partial charge >= 0.3 is 0 Å². The summed E-state index contributed by atoms with van der Waals surface area (Å²) in [5, 5.41) is 0. The molecule has 6 heteroatoms. The number of nitrogens with zero attached hydrogens (tertiary/aromatic N) is 4. The molecular weight excluding hydrogens is 340 g/mol. The molecule has 27 heavy (non-hydrogen) atoms. The average Bonchev–Trinajstić information content (AvgIpc) is 3.15. The summed E-state index contributed by atoms with van der Waals surface area (Å²) in [6.45, 7) is 1.92. The number of piperidine rings is 1. The Morgan fingerprint density at radius 3 is 2.59 bits per heavy atom. The second-order valence-electron chi connectivity index (χ2n) is 7.47. The van der Waals surface area contributed by atoms with Gasteiger partial charge in [-0.05, 0) is 44.0 Å². The fourth-order valence-corrected chi connectivity index (χ4v) is 4.66. The highest BCUT2D eigenvalue weighted by molar-refractivity contribution is 5.95. The van der Waals surface area contributed by atoms with Crippen LogP contribution in [0.5, 0.6) is 5.75 Å². The van der Waals surface area contributed by atoms with Gasteiger partial charge in [-0.25, -0.2) is 4.98 Å². The fraction of sp³-hybridized carbons (Fsp3) is 0.381. The largest absolute Gasteiger partial charge is 0.490 e. The van der Waals surface area contributed by atoms with E-state index in [-0.39, 0.29) is 24.1 Å². The summed E-state index contributed by atoms with van der Waals surface area (Å²) < 4.78 is 8.07. The van der Waals surface area contributed by atoms with Crippen molar-refractivity contribution in [1.82, 2.24) is 19.3 Å². The molecule has 2 atom stereocenters. The first-order chi connectivity index (χ1) is 13.2. The molecule has 0 aromatic carbocycles. The van der Waals surface area contributed by atoms with E-state index in [0.717, 1.165) is 42.8 Å². The molecule has 3 aromatic heterocycles. The molecule has 3 aromatic rings. The SMILES string of the molecule is Cc1nc2ccccn2c1C(=O)N1C2CCC1CC(Oc1ccncc1)C2. The fourth-order valence-electron chi connectivity index (χ4n) is 4.66. The predicted molar refractivity (Wildman–Crippen MR) is 101 cm³/mol. The minimum atomic E-state index is 0.0982. The standard InChI is InChI=1S/C21H22N4O2/c1-14-20(24-11-3-2-4-19(24)23-14)21(26)25-15-5-6-16(25)13-18(12-15)27-17-7-9-22-10-8-17/h2-4,7-11,15-16,18H,5-6,12-13H2,1H3. The van der Waals surface area contributed by atoms with Gasteiger partial charge in [-0.3, -0.25) is 14.2 Å². The Morgan fingerprint density at radius 1 is 1.11 bits per heavy atom. The quantitative estimate of drug-likeness (QED) is 0.718. The predicted octanol–water partition coefficient (Wildman–Crippen LogP) is 3.25. The second kappa shape index (κ2) is 6.37. The zero-order chi connectivity index (χ0) is 18.4. The Kier molecular flexibility index (Phi) is 3.85. The minimum Gasteiger partial charge on any atom is -0.490 e. The lowest BCUT2D eigenvalue weighted by molar-refractivity contribution is 0.0352. The first-order valence-electron chi connectivity index (χ1n) is 9.54. The zero-order valence-corrected chi connectivity index (χ0v) is 15.3. The van der Waals surface area contributed by atoms with Crippen LogP contribution in [0.15, 0.2) is 48.9 Å². The number of hydrogen-bond acceptors (Lipinski definition) is 4. The Morgan fingerprint density at radius 2 is 1.85 bits per heavy atom. The maximum Gasteiger partial charge on any atom is 0.273 e. The van der Waals surface area contributed by atoms with Gasteiger partial charge in [-0.2, -0.15) is 0 Å². The van der Waals surface area contributed by atoms with Crippen molar-refractivity contribution in [3.8, 4) is 5.75 Å². The topological polar surface area (TPSA) is 59.7 Å². The van der Waals surface area contributed by atoms with Crippen LogP contribution in [0, 0.1) is 6.92 Å². The van der Waals surface area contributed by atoms with Crippen molar-refractivity contribution >= 4 is 11.6 Å². The number of aryl methyl sites for hydroxylation is 1. The summed E-state index contributed by atoms with van der Waals surface area (Å²) >= 11 is 0. The van der Waals surface area contributed by atoms with Crippen LogP contribution in [0.4, 0.5) is 0 Å². The molecule has 2 unspecified atom stereocenters. The van der Waals surface area contributed by atoms with E-state index in [0.29, 0.717) is 5.69 Å². The third-order valence-corrected chi connectivity index (χ3v) is 5.78. The molecule has 0 spiro atoms. The minimum absolute atomic E-state index is 0.0982. The van der Waals surface area contributed by atoms with Gasteiger partial charge in [0.25, 0.3) is 5.91 Å². The van der Waals surface area contributed by atoms with Gasteiger partial charge in [0.2, 0.25) is 0 Å². The molecule has 5 heterocycles. The summed E-state index contributed by atoms with van der Waals surface area (Å²) in [4.78, 5) is 24.1. The highest BCUT2D eigenvalue weighted by Gasteiger charge is 2.45. The molecule has 6 nitrogen and oxygen atoms in total. The van der Waals surface area contributed by atoms with Crippen molar-refractivity contribution in [3.63, 3.8) is 0 Å². The number of imidazole rings is 1. The van der Waals surface area contributed by atoms with Crippen LogP contribution in [0.1, 0.15) is 41.9 Å². The van der Waals surface area contributed by atoms with Crippen molar-refractivity contribution in [1.29, 1.82) is 0 Å². The van der Waals surface area contributed by atoms with Crippen molar-refractivity contribution in [2.45, 2.75) is 50.8 Å². The lowest BCUT2D eigenvalue weighted by Gasteiger charge is -2.38. The molecule has 2 aliphatic heterocycles. The number of aromatic nitrogens is 3. The lowest BCUT2D eigenvalue weighted by atomic mass is 9.99. The van der Waals surface area contributed by atoms with Crippen molar-refractivity contribution in [2.75, 3.05) is 0 Å². The monoisotopic (exact) mass is 362 g/mol. The van der Waals surface area contributed by atoms with E-state index in [9.17, 15) is 4.79 Å². The number of ether oxygens (including phenoxy) is 1. The molecule has 0 aliphatic carbocycles. The van der Waals surface area contributed by atoms with E-state index in [1.165, 1.54) is 0 Å². The summed E-state index contributed by atoms with van der Waals surface area (Å²) in [7, 11) is 0. The number of amides is 1. The Labute approximate surface area is 157 Å². The van der Waals surface area contributed by atoms with Crippen LogP contribution in [0.2, 0.25) is 0 Å². The number of pyridine rings is 2. The summed E-state index contributed by atoms with van der Waals surface area (Å²) in [6.07, 6.45) is 9.40. The second-order valence-corrected chi connectivity index (χ2v) is 7.47. The summed E-state index contributed by atoms with van der Waals surface area (Å²) in [5.74, 6) is 0.952. The van der Waals surface area contributed by atoms with Crippen molar-refractivity contribution < 1.29 is 9.53 Å². The van der Waals surface area contributed by atoms with Crippen molar-refractivity contribution in [3.05, 3.63) is 60.3 Å². The van der Waals surface area contributed by atoms with E-state index in [1.807, 2.05) is 47.9 Å². The molecule has 0 saturated carbocycles. The third kappa shape index (κ3) is 2.76. The third-order valence-electron chi connectivity index (χ3n) is 5.78. The van der Waals surface area contributed by atoms with Gasteiger partial charge in [-0.15, -0.1) is 0 Å². The van der Waals surface area contributed by atoms with Gasteiger partial charge in [0.1, 0.15) is 23.2 Å². The summed E-state index contributed by atoms with van der Waals surface area (Å²) in [6, 6.07) is 10.1. The maximum absolute atomic E-state index is 13.4. The molecule has 0 N–H and O–H groups in total. The number of hydrogen-bond donors (Lipinski definition) is 0. The Hall–Kier alpha value is -2.89. The first kappa shape index (κ1) is 16.3. The van der Waals surface area contributed by atoms with E-state index in [2.05, 4.69) is 14.9 Å². The molecule has 2 fully saturated rings. The van der Waals surface area contributed by atoms with E-state index >= 15 is 0 Å². The van der Waals surface area contributed by atoms with E-state index in [1.54, 1.807) is 12.4 Å². The molecule has 1 amide bonds. The molecule has 0 radical (unpaired) electrons. The Balaban J connectivity index is 1.39. The normalized spacial score (nSPS) is 24.3. The molecule has 2 bridgehead atoms. The van der Waals surface area contributed by atoms with Crippen LogP contribution >= 0.6 is 0 Å². The van der Waals surface area contributed by atoms with Crippen LogP contribution in [-0.2, 0) is 0 Å². The van der Waals surface area contributed by atoms with Gasteiger partial charge < -0.3 is 9.64 Å². The first-order valence-corrected chi connectivity index (χ1v) is 9.54. The zero-order valence-electron chi connectivity index (χ0n) is 15.3. The smallest absolute Gasteiger partial charge is 0.273 e. The van der Waals surface area contributed by atoms with Gasteiger partial charge in [-0.1, -0.05) is 6.07 Å². The molecule has 2 aliphatic rings. The van der Waals surface area contributed by atoms with Gasteiger partial charge in [0.15, 0.2) is 0 Å². The van der Waals surface area contributed by atoms with Crippen molar-refractivity contribution in [2.24, 2.45) is 0 Å². The lowest BCUT2D eigenvalue weighted by Crippen LogP contribution is -2.49. The molecule has 5 rings (SSSR count). The van der Waals surface area contributed by atoms with Crippen LogP contribution in [0.3, 0.4) is 0 Å². The van der Waals surface area contributed by atoms with Crippen LogP contribution in [0.25, 0.3) is 5.65 Å². The van der Waals surface area contributed by atoms with E-state index in [4.69, 9.17) is 4.74 Å². The molecule has 138 valence electrons.